The molecule has 0 aliphatic rings. The summed E-state index contributed by atoms with van der Waals surface area (Å²) in [6.07, 6.45) is 0.881. The van der Waals surface area contributed by atoms with Crippen LogP contribution >= 0.6 is 11.6 Å². The van der Waals surface area contributed by atoms with E-state index in [9.17, 15) is 4.79 Å². The maximum atomic E-state index is 11.9. The van der Waals surface area contributed by atoms with Crippen molar-refractivity contribution in [1.29, 1.82) is 0 Å². The lowest BCUT2D eigenvalue weighted by molar-refractivity contribution is -0.120. The molecule has 0 fully saturated rings. The van der Waals surface area contributed by atoms with Crippen molar-refractivity contribution < 1.29 is 9.53 Å². The van der Waals surface area contributed by atoms with Gasteiger partial charge in [-0.05, 0) is 36.2 Å². The number of halogens is 1. The fourth-order valence-corrected chi connectivity index (χ4v) is 2.06. The van der Waals surface area contributed by atoms with E-state index in [0.717, 1.165) is 17.7 Å². The SMILES string of the molecule is CCCNC(=O)C(Cl)c1cccc(Oc2ccccc2)c1. The van der Waals surface area contributed by atoms with Crippen LogP contribution in [0.4, 0.5) is 0 Å². The number of para-hydroxylation sites is 1. The van der Waals surface area contributed by atoms with Crippen LogP contribution in [0.1, 0.15) is 24.3 Å². The van der Waals surface area contributed by atoms with Crippen LogP contribution in [0.5, 0.6) is 11.5 Å². The molecule has 3 nitrogen and oxygen atoms in total. The second-order valence-corrected chi connectivity index (χ2v) is 5.08. The Bertz CT molecular complexity index is 586. The summed E-state index contributed by atoms with van der Waals surface area (Å²) in [6.45, 7) is 2.63. The van der Waals surface area contributed by atoms with Crippen LogP contribution in [0.15, 0.2) is 54.6 Å². The quantitative estimate of drug-likeness (QED) is 0.809. The molecule has 1 amide bonds. The molecular weight excluding hydrogens is 286 g/mol. The van der Waals surface area contributed by atoms with Crippen LogP contribution in [0.3, 0.4) is 0 Å². The summed E-state index contributed by atoms with van der Waals surface area (Å²) in [5.74, 6) is 1.22. The van der Waals surface area contributed by atoms with Gasteiger partial charge in [0, 0.05) is 6.54 Å². The van der Waals surface area contributed by atoms with E-state index in [2.05, 4.69) is 5.32 Å². The lowest BCUT2D eigenvalue weighted by atomic mass is 10.1. The molecule has 2 rings (SSSR count). The predicted molar refractivity (Wildman–Crippen MR) is 84.9 cm³/mol. The summed E-state index contributed by atoms with van der Waals surface area (Å²) in [5, 5.41) is 2.08. The highest BCUT2D eigenvalue weighted by atomic mass is 35.5. The molecule has 0 radical (unpaired) electrons. The first-order chi connectivity index (χ1) is 10.2. The van der Waals surface area contributed by atoms with Gasteiger partial charge in [-0.2, -0.15) is 0 Å². The predicted octanol–water partition coefficient (Wildman–Crippen LogP) is 4.29. The Hall–Kier alpha value is -2.00. The van der Waals surface area contributed by atoms with Gasteiger partial charge in [-0.1, -0.05) is 37.3 Å². The number of nitrogens with one attached hydrogen (secondary N) is 1. The van der Waals surface area contributed by atoms with Gasteiger partial charge in [0.15, 0.2) is 0 Å². The Labute approximate surface area is 129 Å². The zero-order valence-corrected chi connectivity index (χ0v) is 12.6. The Morgan fingerprint density at radius 2 is 1.86 bits per heavy atom. The molecule has 2 aromatic carbocycles. The first-order valence-corrected chi connectivity index (χ1v) is 7.39. The highest BCUT2D eigenvalue weighted by molar-refractivity contribution is 6.30. The zero-order chi connectivity index (χ0) is 15.1. The number of carbonyl (C=O) groups excluding carboxylic acids is 1. The maximum absolute atomic E-state index is 11.9. The molecular formula is C17H18ClNO2. The summed E-state index contributed by atoms with van der Waals surface area (Å²) < 4.78 is 5.74. The average molecular weight is 304 g/mol. The molecule has 4 heteroatoms. The zero-order valence-electron chi connectivity index (χ0n) is 11.9. The molecule has 1 N–H and O–H groups in total. The minimum atomic E-state index is -0.712. The van der Waals surface area contributed by atoms with Gasteiger partial charge in [0.25, 0.3) is 0 Å². The Kier molecular flexibility index (Phi) is 5.64. The largest absolute Gasteiger partial charge is 0.457 e. The number of hydrogen-bond acceptors (Lipinski definition) is 2. The third-order valence-corrected chi connectivity index (χ3v) is 3.36. The van der Waals surface area contributed by atoms with E-state index in [1.54, 1.807) is 6.07 Å². The van der Waals surface area contributed by atoms with E-state index < -0.39 is 5.38 Å². The number of benzene rings is 2. The van der Waals surface area contributed by atoms with E-state index in [4.69, 9.17) is 16.3 Å². The molecule has 110 valence electrons. The van der Waals surface area contributed by atoms with Crippen molar-refractivity contribution in [3.05, 3.63) is 60.2 Å². The minimum absolute atomic E-state index is 0.185. The fourth-order valence-electron chi connectivity index (χ4n) is 1.85. The maximum Gasteiger partial charge on any atom is 0.242 e. The van der Waals surface area contributed by atoms with Crippen molar-refractivity contribution in [2.24, 2.45) is 0 Å². The van der Waals surface area contributed by atoms with Crippen molar-refractivity contribution in [3.8, 4) is 11.5 Å². The summed E-state index contributed by atoms with van der Waals surface area (Å²) in [6, 6.07) is 16.8. The Morgan fingerprint density at radius 1 is 1.14 bits per heavy atom. The van der Waals surface area contributed by atoms with Gasteiger partial charge in [-0.3, -0.25) is 4.79 Å². The van der Waals surface area contributed by atoms with Gasteiger partial charge < -0.3 is 10.1 Å². The summed E-state index contributed by atoms with van der Waals surface area (Å²) in [5.41, 5.74) is 0.721. The molecule has 0 heterocycles. The van der Waals surface area contributed by atoms with E-state index in [1.165, 1.54) is 0 Å². The lowest BCUT2D eigenvalue weighted by Crippen LogP contribution is -2.27. The summed E-state index contributed by atoms with van der Waals surface area (Å²) >= 11 is 6.20. The van der Waals surface area contributed by atoms with Crippen molar-refractivity contribution in [3.63, 3.8) is 0 Å². The number of carbonyl (C=O) groups is 1. The van der Waals surface area contributed by atoms with Gasteiger partial charge in [0.2, 0.25) is 5.91 Å². The highest BCUT2D eigenvalue weighted by Gasteiger charge is 2.17. The molecule has 21 heavy (non-hydrogen) atoms. The van der Waals surface area contributed by atoms with Crippen molar-refractivity contribution in [1.82, 2.24) is 5.32 Å². The van der Waals surface area contributed by atoms with Gasteiger partial charge in [0.05, 0.1) is 0 Å². The van der Waals surface area contributed by atoms with Crippen molar-refractivity contribution in [2.75, 3.05) is 6.54 Å². The van der Waals surface area contributed by atoms with Crippen LogP contribution in [0.25, 0.3) is 0 Å². The van der Waals surface area contributed by atoms with Gasteiger partial charge in [-0.25, -0.2) is 0 Å². The van der Waals surface area contributed by atoms with Gasteiger partial charge in [0.1, 0.15) is 16.9 Å². The fraction of sp³-hybridized carbons (Fsp3) is 0.235. The second-order valence-electron chi connectivity index (χ2n) is 4.64. The van der Waals surface area contributed by atoms with E-state index in [1.807, 2.05) is 55.5 Å². The van der Waals surface area contributed by atoms with Crippen LogP contribution in [-0.2, 0) is 4.79 Å². The minimum Gasteiger partial charge on any atom is -0.457 e. The average Bonchev–Trinajstić information content (AvgIpc) is 2.53. The molecule has 0 spiro atoms. The molecule has 0 aliphatic heterocycles. The Morgan fingerprint density at radius 3 is 2.57 bits per heavy atom. The molecule has 0 aliphatic carbocycles. The molecule has 0 saturated carbocycles. The van der Waals surface area contributed by atoms with Gasteiger partial charge in [-0.15, -0.1) is 11.6 Å². The topological polar surface area (TPSA) is 38.3 Å². The van der Waals surface area contributed by atoms with Crippen LogP contribution in [0, 0.1) is 0 Å². The highest BCUT2D eigenvalue weighted by Crippen LogP contribution is 2.27. The number of rotatable bonds is 6. The third-order valence-electron chi connectivity index (χ3n) is 2.91. The first kappa shape index (κ1) is 15.4. The first-order valence-electron chi connectivity index (χ1n) is 6.95. The van der Waals surface area contributed by atoms with E-state index >= 15 is 0 Å². The number of alkyl halides is 1. The monoisotopic (exact) mass is 303 g/mol. The number of amides is 1. The normalized spacial score (nSPS) is 11.7. The van der Waals surface area contributed by atoms with E-state index in [-0.39, 0.29) is 5.91 Å². The van der Waals surface area contributed by atoms with Crippen LogP contribution in [0.2, 0.25) is 0 Å². The number of ether oxygens (including phenoxy) is 1. The smallest absolute Gasteiger partial charge is 0.242 e. The van der Waals surface area contributed by atoms with Crippen LogP contribution in [-0.4, -0.2) is 12.5 Å². The number of hydrogen-bond donors (Lipinski definition) is 1. The van der Waals surface area contributed by atoms with E-state index in [0.29, 0.717) is 12.3 Å². The second kappa shape index (κ2) is 7.70. The molecule has 0 saturated heterocycles. The summed E-state index contributed by atoms with van der Waals surface area (Å²) in [4.78, 5) is 11.9. The molecule has 2 aromatic rings. The van der Waals surface area contributed by atoms with Crippen molar-refractivity contribution >= 4 is 17.5 Å². The van der Waals surface area contributed by atoms with Crippen molar-refractivity contribution in [2.45, 2.75) is 18.7 Å². The lowest BCUT2D eigenvalue weighted by Gasteiger charge is -2.12. The summed E-state index contributed by atoms with van der Waals surface area (Å²) in [7, 11) is 0. The molecule has 0 aromatic heterocycles. The van der Waals surface area contributed by atoms with Gasteiger partial charge >= 0.3 is 0 Å². The Balaban J connectivity index is 2.08. The molecule has 0 bridgehead atoms. The molecule has 1 unspecified atom stereocenters. The third kappa shape index (κ3) is 4.50. The van der Waals surface area contributed by atoms with Crippen LogP contribution < -0.4 is 10.1 Å². The standard InChI is InChI=1S/C17H18ClNO2/c1-2-11-19-17(20)16(18)13-7-6-10-15(12-13)21-14-8-4-3-5-9-14/h3-10,12,16H,2,11H2,1H3,(H,19,20). The molecule has 1 atom stereocenters.